The molecule has 8 nitrogen and oxygen atoms in total. The molecule has 0 saturated carbocycles. The Balaban J connectivity index is 1.82. The fourth-order valence-corrected chi connectivity index (χ4v) is 8.07. The number of hydrogen-bond donors (Lipinski definition) is 1. The number of aliphatic hydroxyl groups is 1. The number of carbonyl (C=O) groups excluding carboxylic acids is 3. The second-order valence-corrected chi connectivity index (χ2v) is 13.4. The van der Waals surface area contributed by atoms with E-state index in [0.717, 1.165) is 31.2 Å². The molecule has 0 aromatic heterocycles. The van der Waals surface area contributed by atoms with E-state index in [0.29, 0.717) is 32.6 Å². The zero-order valence-electron chi connectivity index (χ0n) is 27.4. The van der Waals surface area contributed by atoms with Gasteiger partial charge in [0.25, 0.3) is 0 Å². The lowest BCUT2D eigenvalue weighted by atomic mass is 9.62. The molecule has 1 aromatic rings. The van der Waals surface area contributed by atoms with E-state index in [9.17, 15) is 19.5 Å². The Labute approximate surface area is 264 Å². The van der Waals surface area contributed by atoms with Gasteiger partial charge in [-0.05, 0) is 37.2 Å². The molecule has 3 amide bonds. The van der Waals surface area contributed by atoms with Crippen molar-refractivity contribution in [2.45, 2.75) is 96.6 Å². The molecule has 3 fully saturated rings. The molecule has 1 aromatic carbocycles. The smallest absolute Gasteiger partial charge is 0.248 e. The first-order valence-electron chi connectivity index (χ1n) is 16.5. The van der Waals surface area contributed by atoms with Gasteiger partial charge in [-0.15, -0.1) is 13.2 Å². The number of unbranched alkanes of at least 4 members (excludes halogenated alkanes) is 2. The van der Waals surface area contributed by atoms with Gasteiger partial charge in [0.2, 0.25) is 17.7 Å². The van der Waals surface area contributed by atoms with E-state index in [-0.39, 0.29) is 36.2 Å². The number of benzene rings is 1. The van der Waals surface area contributed by atoms with Crippen LogP contribution in [0.3, 0.4) is 0 Å². The van der Waals surface area contributed by atoms with Gasteiger partial charge in [0.15, 0.2) is 0 Å². The summed E-state index contributed by atoms with van der Waals surface area (Å²) in [6, 6.07) is 8.28. The Morgan fingerprint density at radius 2 is 1.77 bits per heavy atom. The second-order valence-electron chi connectivity index (χ2n) is 13.4. The molecular weight excluding hydrogens is 554 g/mol. The Morgan fingerprint density at radius 3 is 2.36 bits per heavy atom. The van der Waals surface area contributed by atoms with Crippen LogP contribution in [0.2, 0.25) is 0 Å². The van der Waals surface area contributed by atoms with E-state index in [1.165, 1.54) is 0 Å². The van der Waals surface area contributed by atoms with E-state index in [1.54, 1.807) is 26.9 Å². The second kappa shape index (κ2) is 14.0. The van der Waals surface area contributed by atoms with Crippen molar-refractivity contribution in [1.82, 2.24) is 14.7 Å². The molecule has 3 heterocycles. The molecule has 0 aliphatic carbocycles. The summed E-state index contributed by atoms with van der Waals surface area (Å²) in [7, 11) is 0. The van der Waals surface area contributed by atoms with E-state index in [2.05, 4.69) is 27.0 Å². The maximum Gasteiger partial charge on any atom is 0.248 e. The summed E-state index contributed by atoms with van der Waals surface area (Å²) in [4.78, 5) is 49.4. The van der Waals surface area contributed by atoms with Crippen molar-refractivity contribution in [2.75, 3.05) is 26.2 Å². The first-order chi connectivity index (χ1) is 21.1. The van der Waals surface area contributed by atoms with E-state index >= 15 is 0 Å². The van der Waals surface area contributed by atoms with Crippen LogP contribution in [0.25, 0.3) is 0 Å². The molecule has 8 heteroatoms. The molecule has 1 N–H and O–H groups in total. The van der Waals surface area contributed by atoms with Gasteiger partial charge in [0.05, 0.1) is 30.1 Å². The number of rotatable bonds is 16. The van der Waals surface area contributed by atoms with Crippen molar-refractivity contribution in [1.29, 1.82) is 0 Å². The monoisotopic (exact) mass is 607 g/mol. The highest BCUT2D eigenvalue weighted by Crippen LogP contribution is 2.66. The van der Waals surface area contributed by atoms with Crippen molar-refractivity contribution in [3.05, 3.63) is 61.2 Å². The van der Waals surface area contributed by atoms with Crippen LogP contribution in [0, 0.1) is 23.7 Å². The van der Waals surface area contributed by atoms with Crippen LogP contribution in [-0.4, -0.2) is 87.1 Å². The number of nitrogens with zero attached hydrogens (tertiary/aromatic N) is 3. The first kappa shape index (κ1) is 33.9. The summed E-state index contributed by atoms with van der Waals surface area (Å²) < 4.78 is 7.00. The Morgan fingerprint density at radius 1 is 1.11 bits per heavy atom. The molecular formula is C36H53N3O5. The highest BCUT2D eigenvalue weighted by Gasteiger charge is 2.80. The van der Waals surface area contributed by atoms with Gasteiger partial charge < -0.3 is 24.5 Å². The average molecular weight is 608 g/mol. The molecule has 4 rings (SSSR count). The maximum atomic E-state index is 14.8. The number of likely N-dealkylation sites (tertiary alicyclic amines) is 1. The third-order valence-corrected chi connectivity index (χ3v) is 10.7. The lowest BCUT2D eigenvalue weighted by Gasteiger charge is -2.41. The topological polar surface area (TPSA) is 90.4 Å². The lowest BCUT2D eigenvalue weighted by Crippen LogP contribution is -2.60. The average Bonchev–Trinajstić information content (AvgIpc) is 3.53. The minimum atomic E-state index is -1.17. The van der Waals surface area contributed by atoms with Gasteiger partial charge in [0, 0.05) is 26.2 Å². The highest BCUT2D eigenvalue weighted by molar-refractivity contribution is 5.99. The summed E-state index contributed by atoms with van der Waals surface area (Å²) in [6.07, 6.45) is 7.49. The van der Waals surface area contributed by atoms with E-state index in [1.807, 2.05) is 51.1 Å². The third kappa shape index (κ3) is 5.76. The standard InChI is InChI=1S/C36H53N3O5/c1-8-12-16-21-37(19-9-2)34(43)31-36-22-26(6)35(7,44-36)29(30(36)33(42)39(31)28(24-40)25(5)11-4)32(41)38(20-10-3)23-27-17-14-13-15-18-27/h9-10,13-15,17-18,25-26,28-31,40H,2-3,8,11-12,16,19-24H2,1,4-7H3/t25-,26?,28-,29-,30-,31?,35+,36?/m0/s1. The molecule has 8 atom stereocenters. The number of ether oxygens (including phenoxy) is 1. The van der Waals surface area contributed by atoms with Gasteiger partial charge in [-0.3, -0.25) is 14.4 Å². The number of amides is 3. The zero-order valence-corrected chi connectivity index (χ0v) is 27.4. The lowest BCUT2D eigenvalue weighted by molar-refractivity contribution is -0.159. The molecule has 1 spiro atoms. The molecule has 44 heavy (non-hydrogen) atoms. The van der Waals surface area contributed by atoms with Crippen LogP contribution in [-0.2, 0) is 25.7 Å². The number of aliphatic hydroxyl groups excluding tert-OH is 1. The van der Waals surface area contributed by atoms with Gasteiger partial charge in [0.1, 0.15) is 11.6 Å². The van der Waals surface area contributed by atoms with Crippen molar-refractivity contribution < 1.29 is 24.2 Å². The fourth-order valence-electron chi connectivity index (χ4n) is 8.07. The van der Waals surface area contributed by atoms with Crippen LogP contribution in [0.1, 0.15) is 72.3 Å². The first-order valence-corrected chi connectivity index (χ1v) is 16.5. The quantitative estimate of drug-likeness (QED) is 0.215. The molecule has 242 valence electrons. The van der Waals surface area contributed by atoms with Crippen molar-refractivity contribution in [3.8, 4) is 0 Å². The van der Waals surface area contributed by atoms with Gasteiger partial charge >= 0.3 is 0 Å². The van der Waals surface area contributed by atoms with Gasteiger partial charge in [-0.25, -0.2) is 0 Å². The minimum absolute atomic E-state index is 0.0582. The summed E-state index contributed by atoms with van der Waals surface area (Å²) in [5.74, 6) is -2.33. The van der Waals surface area contributed by atoms with Crippen LogP contribution < -0.4 is 0 Å². The largest absolute Gasteiger partial charge is 0.394 e. The van der Waals surface area contributed by atoms with Crippen LogP contribution in [0.4, 0.5) is 0 Å². The van der Waals surface area contributed by atoms with E-state index < -0.39 is 35.1 Å². The van der Waals surface area contributed by atoms with Crippen LogP contribution in [0.15, 0.2) is 55.6 Å². The molecule has 3 unspecified atom stereocenters. The van der Waals surface area contributed by atoms with Crippen molar-refractivity contribution in [3.63, 3.8) is 0 Å². The predicted octanol–water partition coefficient (Wildman–Crippen LogP) is 4.82. The fraction of sp³-hybridized carbons (Fsp3) is 0.639. The molecule has 3 aliphatic heterocycles. The normalized spacial score (nSPS) is 30.1. The van der Waals surface area contributed by atoms with Crippen LogP contribution >= 0.6 is 0 Å². The molecule has 3 saturated heterocycles. The van der Waals surface area contributed by atoms with Crippen LogP contribution in [0.5, 0.6) is 0 Å². The number of carbonyl (C=O) groups is 3. The summed E-state index contributed by atoms with van der Waals surface area (Å²) in [5.41, 5.74) is -1.11. The predicted molar refractivity (Wildman–Crippen MR) is 172 cm³/mol. The molecule has 2 bridgehead atoms. The molecule has 3 aliphatic rings. The summed E-state index contributed by atoms with van der Waals surface area (Å²) >= 11 is 0. The third-order valence-electron chi connectivity index (χ3n) is 10.7. The summed E-state index contributed by atoms with van der Waals surface area (Å²) in [5, 5.41) is 10.7. The van der Waals surface area contributed by atoms with Gasteiger partial charge in [-0.2, -0.15) is 0 Å². The number of hydrogen-bond acceptors (Lipinski definition) is 5. The SMILES string of the molecule is C=CCN(CCCCC)C(=O)C1N([C@@H](CO)[C@@H](C)CC)C(=O)[C@@H]2[C@@H](C(=O)N(CC=C)Cc3ccccc3)[C@]3(C)OC12CC3C. The highest BCUT2D eigenvalue weighted by atomic mass is 16.5. The van der Waals surface area contributed by atoms with Gasteiger partial charge in [-0.1, -0.05) is 89.4 Å². The summed E-state index contributed by atoms with van der Waals surface area (Å²) in [6.45, 7) is 19.3. The van der Waals surface area contributed by atoms with Crippen molar-refractivity contribution >= 4 is 17.7 Å². The zero-order chi connectivity index (χ0) is 32.2. The number of fused-ring (bicyclic) bond motifs is 1. The molecule has 0 radical (unpaired) electrons. The Hall–Kier alpha value is -2.97. The van der Waals surface area contributed by atoms with E-state index in [4.69, 9.17) is 4.74 Å². The Kier molecular flexibility index (Phi) is 10.8. The maximum absolute atomic E-state index is 14.8. The minimum Gasteiger partial charge on any atom is -0.394 e. The van der Waals surface area contributed by atoms with Crippen molar-refractivity contribution in [2.24, 2.45) is 23.7 Å². The Bertz CT molecular complexity index is 1210.